The van der Waals surface area contributed by atoms with Gasteiger partial charge < -0.3 is 5.32 Å². The van der Waals surface area contributed by atoms with Gasteiger partial charge in [0.05, 0.1) is 12.6 Å². The van der Waals surface area contributed by atoms with Crippen LogP contribution in [0.25, 0.3) is 0 Å². The first-order valence-corrected chi connectivity index (χ1v) is 6.49. The average Bonchev–Trinajstić information content (AvgIpc) is 2.96. The molecule has 3 atom stereocenters. The second-order valence-corrected chi connectivity index (χ2v) is 5.05. The van der Waals surface area contributed by atoms with E-state index < -0.39 is 0 Å². The Morgan fingerprint density at radius 1 is 1.56 bits per heavy atom. The van der Waals surface area contributed by atoms with Crippen LogP contribution in [-0.4, -0.2) is 44.1 Å². The number of hydrogen-bond acceptors (Lipinski definition) is 4. The highest BCUT2D eigenvalue weighted by atomic mass is 16.2. The first-order chi connectivity index (χ1) is 8.59. The molecule has 1 aromatic rings. The summed E-state index contributed by atoms with van der Waals surface area (Å²) in [5.74, 6) is 0.727. The normalized spacial score (nSPS) is 26.2. The van der Waals surface area contributed by atoms with Gasteiger partial charge in [-0.1, -0.05) is 0 Å². The average molecular weight is 251 g/mol. The van der Waals surface area contributed by atoms with Crippen LogP contribution in [0.2, 0.25) is 0 Å². The number of amides is 1. The van der Waals surface area contributed by atoms with Gasteiger partial charge in [-0.2, -0.15) is 5.10 Å². The molecule has 6 nitrogen and oxygen atoms in total. The molecule has 0 aliphatic carbocycles. The minimum atomic E-state index is -0.0968. The van der Waals surface area contributed by atoms with Crippen LogP contribution in [0.4, 0.5) is 0 Å². The van der Waals surface area contributed by atoms with Gasteiger partial charge in [0, 0.05) is 12.1 Å². The molecular formula is C12H21N5O. The maximum absolute atomic E-state index is 12.1. The Hall–Kier alpha value is -1.43. The molecule has 2 rings (SSSR count). The summed E-state index contributed by atoms with van der Waals surface area (Å²) < 4.78 is 0. The van der Waals surface area contributed by atoms with E-state index in [0.29, 0.717) is 24.5 Å². The Labute approximate surface area is 107 Å². The third-order valence-electron chi connectivity index (χ3n) is 3.74. The summed E-state index contributed by atoms with van der Waals surface area (Å²) in [5, 5.41) is 9.37. The number of H-pyrrole nitrogens is 1. The number of likely N-dealkylation sites (tertiary alicyclic amines) is 1. The lowest BCUT2D eigenvalue weighted by Crippen LogP contribution is -2.49. The highest BCUT2D eigenvalue weighted by Gasteiger charge is 2.34. The van der Waals surface area contributed by atoms with Crippen LogP contribution >= 0.6 is 0 Å². The van der Waals surface area contributed by atoms with Crippen molar-refractivity contribution < 1.29 is 4.79 Å². The summed E-state index contributed by atoms with van der Waals surface area (Å²) in [6.45, 7) is 6.74. The number of carbonyl (C=O) groups excluding carboxylic acids is 1. The molecule has 1 aromatic heterocycles. The van der Waals surface area contributed by atoms with E-state index in [1.807, 2.05) is 6.92 Å². The zero-order valence-corrected chi connectivity index (χ0v) is 11.2. The van der Waals surface area contributed by atoms with Crippen LogP contribution in [0.15, 0.2) is 6.33 Å². The molecule has 0 aromatic carbocycles. The van der Waals surface area contributed by atoms with Crippen molar-refractivity contribution in [2.75, 3.05) is 0 Å². The molecule has 1 amide bonds. The van der Waals surface area contributed by atoms with Crippen LogP contribution in [0.3, 0.4) is 0 Å². The summed E-state index contributed by atoms with van der Waals surface area (Å²) in [5.41, 5.74) is 0. The van der Waals surface area contributed by atoms with Crippen LogP contribution in [0.1, 0.15) is 39.4 Å². The first kappa shape index (κ1) is 13.0. The van der Waals surface area contributed by atoms with Crippen molar-refractivity contribution in [3.8, 4) is 0 Å². The number of hydrogen-bond donors (Lipinski definition) is 2. The summed E-state index contributed by atoms with van der Waals surface area (Å²) in [6.07, 6.45) is 3.78. The van der Waals surface area contributed by atoms with Crippen molar-refractivity contribution >= 4 is 5.91 Å². The van der Waals surface area contributed by atoms with E-state index >= 15 is 0 Å². The van der Waals surface area contributed by atoms with Crippen molar-refractivity contribution in [3.63, 3.8) is 0 Å². The predicted molar refractivity (Wildman–Crippen MR) is 67.7 cm³/mol. The zero-order valence-electron chi connectivity index (χ0n) is 11.2. The van der Waals surface area contributed by atoms with Gasteiger partial charge in [0.25, 0.3) is 0 Å². The Balaban J connectivity index is 1.88. The van der Waals surface area contributed by atoms with Gasteiger partial charge in [0.1, 0.15) is 12.2 Å². The molecule has 100 valence electrons. The first-order valence-electron chi connectivity index (χ1n) is 6.49. The molecule has 0 radical (unpaired) electrons. The van der Waals surface area contributed by atoms with Crippen LogP contribution in [0.5, 0.6) is 0 Å². The molecule has 6 heteroatoms. The molecule has 1 fully saturated rings. The highest BCUT2D eigenvalue weighted by molar-refractivity contribution is 5.81. The Bertz CT molecular complexity index is 381. The van der Waals surface area contributed by atoms with Crippen molar-refractivity contribution in [1.82, 2.24) is 25.4 Å². The van der Waals surface area contributed by atoms with E-state index in [1.165, 1.54) is 19.2 Å². The largest absolute Gasteiger partial charge is 0.347 e. The number of rotatable bonds is 4. The summed E-state index contributed by atoms with van der Waals surface area (Å²) in [7, 11) is 0. The fourth-order valence-electron chi connectivity index (χ4n) is 2.75. The minimum Gasteiger partial charge on any atom is -0.347 e. The van der Waals surface area contributed by atoms with E-state index in [0.717, 1.165) is 0 Å². The number of nitrogens with zero attached hydrogens (tertiary/aromatic N) is 3. The Kier molecular flexibility index (Phi) is 3.96. The van der Waals surface area contributed by atoms with Gasteiger partial charge in [-0.05, 0) is 33.6 Å². The number of aromatic nitrogens is 3. The molecule has 1 aliphatic heterocycles. The van der Waals surface area contributed by atoms with Crippen molar-refractivity contribution in [2.45, 2.75) is 58.3 Å². The Morgan fingerprint density at radius 2 is 2.22 bits per heavy atom. The van der Waals surface area contributed by atoms with Crippen molar-refractivity contribution in [1.29, 1.82) is 0 Å². The maximum atomic E-state index is 12.1. The summed E-state index contributed by atoms with van der Waals surface area (Å²) in [6, 6.07) is 0.859. The van der Waals surface area contributed by atoms with Gasteiger partial charge in [-0.15, -0.1) is 0 Å². The van der Waals surface area contributed by atoms with Crippen molar-refractivity contribution in [2.24, 2.45) is 0 Å². The molecular weight excluding hydrogens is 230 g/mol. The molecule has 0 spiro atoms. The van der Waals surface area contributed by atoms with Gasteiger partial charge in [-0.3, -0.25) is 14.8 Å². The summed E-state index contributed by atoms with van der Waals surface area (Å²) in [4.78, 5) is 18.4. The molecule has 3 unspecified atom stereocenters. The van der Waals surface area contributed by atoms with Crippen molar-refractivity contribution in [3.05, 3.63) is 12.2 Å². The highest BCUT2D eigenvalue weighted by Crippen LogP contribution is 2.25. The van der Waals surface area contributed by atoms with Gasteiger partial charge in [0.2, 0.25) is 5.91 Å². The summed E-state index contributed by atoms with van der Waals surface area (Å²) >= 11 is 0. The lowest BCUT2D eigenvalue weighted by Gasteiger charge is -2.31. The molecule has 2 N–H and O–H groups in total. The van der Waals surface area contributed by atoms with E-state index in [2.05, 4.69) is 39.2 Å². The Morgan fingerprint density at radius 3 is 2.78 bits per heavy atom. The van der Waals surface area contributed by atoms with E-state index in [4.69, 9.17) is 0 Å². The lowest BCUT2D eigenvalue weighted by molar-refractivity contribution is -0.127. The topological polar surface area (TPSA) is 73.9 Å². The standard InChI is InChI=1S/C12H21N5O/c1-8-4-5-9(2)17(8)10(3)12(18)13-6-11-14-7-15-16-11/h7-10H,4-6H2,1-3H3,(H,13,18)(H,14,15,16). The van der Waals surface area contributed by atoms with Crippen LogP contribution < -0.4 is 5.32 Å². The van der Waals surface area contributed by atoms with Crippen LogP contribution in [-0.2, 0) is 11.3 Å². The second-order valence-electron chi connectivity index (χ2n) is 5.05. The third kappa shape index (κ3) is 2.69. The van der Waals surface area contributed by atoms with Gasteiger partial charge >= 0.3 is 0 Å². The zero-order chi connectivity index (χ0) is 13.1. The quantitative estimate of drug-likeness (QED) is 0.825. The van der Waals surface area contributed by atoms with E-state index in [1.54, 1.807) is 0 Å². The molecule has 0 bridgehead atoms. The second kappa shape index (κ2) is 5.48. The molecule has 0 saturated carbocycles. The smallest absolute Gasteiger partial charge is 0.237 e. The van der Waals surface area contributed by atoms with Crippen LogP contribution in [0, 0.1) is 0 Å². The van der Waals surface area contributed by atoms with Gasteiger partial charge in [-0.25, -0.2) is 4.98 Å². The molecule has 1 aliphatic rings. The number of nitrogens with one attached hydrogen (secondary N) is 2. The fourth-order valence-corrected chi connectivity index (χ4v) is 2.75. The monoisotopic (exact) mass is 251 g/mol. The maximum Gasteiger partial charge on any atom is 0.237 e. The molecule has 2 heterocycles. The fraction of sp³-hybridized carbons (Fsp3) is 0.750. The van der Waals surface area contributed by atoms with Gasteiger partial charge in [0.15, 0.2) is 0 Å². The minimum absolute atomic E-state index is 0.0481. The molecule has 18 heavy (non-hydrogen) atoms. The predicted octanol–water partition coefficient (Wildman–Crippen LogP) is 0.682. The van der Waals surface area contributed by atoms with E-state index in [9.17, 15) is 4.79 Å². The number of aromatic amines is 1. The number of carbonyl (C=O) groups is 1. The molecule has 1 saturated heterocycles. The SMILES string of the molecule is CC1CCC(C)N1C(C)C(=O)NCc1ncn[nH]1. The van der Waals surface area contributed by atoms with E-state index in [-0.39, 0.29) is 11.9 Å². The third-order valence-corrected chi connectivity index (χ3v) is 3.74. The lowest BCUT2D eigenvalue weighted by atomic mass is 10.2.